The van der Waals surface area contributed by atoms with E-state index in [1.54, 1.807) is 0 Å². The van der Waals surface area contributed by atoms with Crippen molar-refractivity contribution in [1.29, 1.82) is 0 Å². The van der Waals surface area contributed by atoms with Gasteiger partial charge in [0.25, 0.3) is 0 Å². The van der Waals surface area contributed by atoms with Gasteiger partial charge in [-0.15, -0.1) is 0 Å². The quantitative estimate of drug-likeness (QED) is 0.447. The van der Waals surface area contributed by atoms with Crippen molar-refractivity contribution in [3.05, 3.63) is 77.9 Å². The van der Waals surface area contributed by atoms with Crippen molar-refractivity contribution in [2.24, 2.45) is 17.3 Å². The van der Waals surface area contributed by atoms with Crippen LogP contribution in [0.2, 0.25) is 0 Å². The first kappa shape index (κ1) is 27.1. The predicted octanol–water partition coefficient (Wildman–Crippen LogP) is 4.40. The molecule has 2 aliphatic rings. The van der Waals surface area contributed by atoms with Crippen LogP contribution in [-0.2, 0) is 27.5 Å². The van der Waals surface area contributed by atoms with E-state index < -0.39 is 45.6 Å². The topological polar surface area (TPSA) is 92.3 Å². The number of hydrogen-bond donors (Lipinski definition) is 1. The van der Waals surface area contributed by atoms with E-state index in [1.165, 1.54) is 12.1 Å². The highest BCUT2D eigenvalue weighted by atomic mass is 32.2. The van der Waals surface area contributed by atoms with Gasteiger partial charge in [0.05, 0.1) is 4.90 Å². The number of amides is 1. The van der Waals surface area contributed by atoms with Crippen molar-refractivity contribution in [3.63, 3.8) is 0 Å². The fourth-order valence-electron chi connectivity index (χ4n) is 5.34. The Labute approximate surface area is 221 Å². The molecule has 3 atom stereocenters. The van der Waals surface area contributed by atoms with Crippen LogP contribution < -0.4 is 5.32 Å². The maximum Gasteiger partial charge on any atom is 0.451 e. The maximum atomic E-state index is 14.5. The molecule has 1 aromatic heterocycles. The van der Waals surface area contributed by atoms with Crippen LogP contribution in [0.4, 0.5) is 22.0 Å². The summed E-state index contributed by atoms with van der Waals surface area (Å²) in [6, 6.07) is 7.24. The zero-order valence-electron chi connectivity index (χ0n) is 20.7. The van der Waals surface area contributed by atoms with Gasteiger partial charge in [-0.1, -0.05) is 19.9 Å². The molecule has 3 aromatic rings. The van der Waals surface area contributed by atoms with E-state index >= 15 is 0 Å². The molecule has 1 amide bonds. The zero-order chi connectivity index (χ0) is 28.3. The molecule has 2 heterocycles. The molecule has 1 saturated carbocycles. The molecule has 13 heteroatoms. The Balaban J connectivity index is 1.35. The Kier molecular flexibility index (Phi) is 6.49. The molecule has 1 saturated heterocycles. The molecule has 7 nitrogen and oxygen atoms in total. The van der Waals surface area contributed by atoms with Crippen LogP contribution in [0.25, 0.3) is 11.1 Å². The number of rotatable bonds is 6. The summed E-state index contributed by atoms with van der Waals surface area (Å²) in [6.45, 7) is 3.97. The van der Waals surface area contributed by atoms with Crippen molar-refractivity contribution in [2.75, 3.05) is 6.54 Å². The fourth-order valence-corrected chi connectivity index (χ4v) is 6.98. The molecular formula is C26H23F5N4O3S. The lowest BCUT2D eigenvalue weighted by Gasteiger charge is -2.29. The molecule has 1 N–H and O–H groups in total. The Bertz CT molecular complexity index is 1530. The van der Waals surface area contributed by atoms with Gasteiger partial charge in [0, 0.05) is 36.6 Å². The number of nitrogens with one attached hydrogen (secondary N) is 1. The minimum absolute atomic E-state index is 0.0172. The first-order valence-electron chi connectivity index (χ1n) is 11.9. The van der Waals surface area contributed by atoms with Gasteiger partial charge in [0.2, 0.25) is 21.8 Å². The second-order valence-electron chi connectivity index (χ2n) is 10.3. The third-order valence-electron chi connectivity index (χ3n) is 7.57. The van der Waals surface area contributed by atoms with Crippen LogP contribution in [0.3, 0.4) is 0 Å². The van der Waals surface area contributed by atoms with Crippen LogP contribution >= 0.6 is 0 Å². The number of nitrogens with zero attached hydrogens (tertiary/aromatic N) is 3. The molecule has 0 radical (unpaired) electrons. The summed E-state index contributed by atoms with van der Waals surface area (Å²) in [4.78, 5) is 19.8. The van der Waals surface area contributed by atoms with Crippen molar-refractivity contribution in [3.8, 4) is 11.1 Å². The normalized spacial score (nSPS) is 22.4. The summed E-state index contributed by atoms with van der Waals surface area (Å²) < 4.78 is 94.0. The van der Waals surface area contributed by atoms with Crippen molar-refractivity contribution in [2.45, 2.75) is 37.5 Å². The van der Waals surface area contributed by atoms with E-state index in [1.807, 2.05) is 13.8 Å². The van der Waals surface area contributed by atoms with Gasteiger partial charge in [-0.25, -0.2) is 27.2 Å². The van der Waals surface area contributed by atoms with Crippen LogP contribution in [0.15, 0.2) is 59.8 Å². The summed E-state index contributed by atoms with van der Waals surface area (Å²) in [6.07, 6.45) is -3.01. The third-order valence-corrected chi connectivity index (χ3v) is 9.43. The third kappa shape index (κ3) is 4.89. The number of carbonyl (C=O) groups is 1. The van der Waals surface area contributed by atoms with Gasteiger partial charge in [-0.2, -0.15) is 17.5 Å². The average molecular weight is 567 g/mol. The average Bonchev–Trinajstić information content (AvgIpc) is 3.20. The number of halogens is 5. The van der Waals surface area contributed by atoms with Gasteiger partial charge < -0.3 is 5.32 Å². The number of fused-ring (bicyclic) bond motifs is 1. The monoisotopic (exact) mass is 566 g/mol. The Morgan fingerprint density at radius 3 is 2.33 bits per heavy atom. The van der Waals surface area contributed by atoms with Crippen LogP contribution in [0.1, 0.15) is 25.2 Å². The summed E-state index contributed by atoms with van der Waals surface area (Å²) in [7, 11) is -4.09. The highest BCUT2D eigenvalue weighted by Gasteiger charge is 2.70. The standard InChI is InChI=1S/C26H23F5N4O3S/c1-25(2)19-13-35(39(37,38)17-6-4-16(27)5-7-17)22(21(19)25)23(36)32-10-14-3-8-20(28)18(9-14)15-11-33-24(34-12-15)26(29,30)31/h3-9,11-12,19,21-22H,10,13H2,1-2H3,(H,32,36)/t19-,21-,22-/m0/s1. The molecule has 0 unspecified atom stereocenters. The molecule has 2 fully saturated rings. The molecule has 0 bridgehead atoms. The van der Waals surface area contributed by atoms with Gasteiger partial charge in [0.1, 0.15) is 17.7 Å². The molecule has 206 valence electrons. The first-order valence-corrected chi connectivity index (χ1v) is 13.4. The number of piperidine rings is 1. The number of carbonyl (C=O) groups excluding carboxylic acids is 1. The van der Waals surface area contributed by atoms with E-state index in [4.69, 9.17) is 0 Å². The Morgan fingerprint density at radius 1 is 1.08 bits per heavy atom. The minimum atomic E-state index is -4.74. The number of aromatic nitrogens is 2. The molecule has 2 aromatic carbocycles. The molecule has 39 heavy (non-hydrogen) atoms. The SMILES string of the molecule is CC1(C)[C@@H]2[C@@H](C(=O)NCc3ccc(F)c(-c4cnc(C(F)(F)F)nc4)c3)N(S(=O)(=O)c3ccc(F)cc3)C[C@@H]21. The Hall–Kier alpha value is -3.45. The number of benzene rings is 2. The number of sulfonamides is 1. The van der Waals surface area contributed by atoms with E-state index in [-0.39, 0.29) is 46.4 Å². The molecule has 5 rings (SSSR count). The largest absolute Gasteiger partial charge is 0.451 e. The van der Waals surface area contributed by atoms with E-state index in [2.05, 4.69) is 15.3 Å². The predicted molar refractivity (Wildman–Crippen MR) is 129 cm³/mol. The summed E-state index contributed by atoms with van der Waals surface area (Å²) in [5.41, 5.74) is 0.142. The highest BCUT2D eigenvalue weighted by molar-refractivity contribution is 7.89. The summed E-state index contributed by atoms with van der Waals surface area (Å²) in [5, 5.41) is 2.72. The molecule has 1 aliphatic carbocycles. The second kappa shape index (κ2) is 9.33. The van der Waals surface area contributed by atoms with Crippen molar-refractivity contribution < 1.29 is 35.2 Å². The van der Waals surface area contributed by atoms with Gasteiger partial charge in [-0.05, 0) is 59.2 Å². The lowest BCUT2D eigenvalue weighted by Crippen LogP contribution is -2.49. The molecular weight excluding hydrogens is 543 g/mol. The van der Waals surface area contributed by atoms with Gasteiger partial charge in [0.15, 0.2) is 0 Å². The number of hydrogen-bond acceptors (Lipinski definition) is 5. The van der Waals surface area contributed by atoms with Crippen molar-refractivity contribution >= 4 is 15.9 Å². The van der Waals surface area contributed by atoms with E-state index in [0.717, 1.165) is 47.0 Å². The molecule has 1 aliphatic heterocycles. The molecule has 0 spiro atoms. The maximum absolute atomic E-state index is 14.5. The van der Waals surface area contributed by atoms with Crippen LogP contribution in [-0.4, -0.2) is 41.2 Å². The zero-order valence-corrected chi connectivity index (χ0v) is 21.5. The van der Waals surface area contributed by atoms with Crippen LogP contribution in [0, 0.1) is 28.9 Å². The first-order chi connectivity index (χ1) is 18.2. The van der Waals surface area contributed by atoms with Crippen LogP contribution in [0.5, 0.6) is 0 Å². The van der Waals surface area contributed by atoms with Crippen molar-refractivity contribution in [1.82, 2.24) is 19.6 Å². The number of alkyl halides is 3. The summed E-state index contributed by atoms with van der Waals surface area (Å²) in [5.74, 6) is -3.45. The van der Waals surface area contributed by atoms with Gasteiger partial charge in [-0.3, -0.25) is 4.79 Å². The lowest BCUT2D eigenvalue weighted by atomic mass is 10.0. The highest BCUT2D eigenvalue weighted by Crippen LogP contribution is 2.65. The lowest BCUT2D eigenvalue weighted by molar-refractivity contribution is -0.145. The summed E-state index contributed by atoms with van der Waals surface area (Å²) >= 11 is 0. The fraction of sp³-hybridized carbons (Fsp3) is 0.346. The minimum Gasteiger partial charge on any atom is -0.351 e. The van der Waals surface area contributed by atoms with E-state index in [9.17, 15) is 35.2 Å². The van der Waals surface area contributed by atoms with Gasteiger partial charge >= 0.3 is 6.18 Å². The Morgan fingerprint density at radius 2 is 1.72 bits per heavy atom. The van der Waals surface area contributed by atoms with E-state index in [0.29, 0.717) is 5.56 Å². The second-order valence-corrected chi connectivity index (χ2v) is 12.1. The smallest absolute Gasteiger partial charge is 0.351 e.